The lowest BCUT2D eigenvalue weighted by atomic mass is 9.91. The van der Waals surface area contributed by atoms with Crippen LogP contribution < -0.4 is 21.3 Å². The molecule has 0 bridgehead atoms. The Balaban J connectivity index is 2.95. The molecule has 2 heterocycles. The molecule has 92 heavy (non-hydrogen) atoms. The molecule has 1 aliphatic rings. The summed E-state index contributed by atoms with van der Waals surface area (Å²) in [6, 6.07) is -12.5. The summed E-state index contributed by atoms with van der Waals surface area (Å²) in [5.74, 6) is -9.84. The Morgan fingerprint density at radius 3 is 1.47 bits per heavy atom. The van der Waals surface area contributed by atoms with Gasteiger partial charge in [0.15, 0.2) is 0 Å². The van der Waals surface area contributed by atoms with Crippen LogP contribution in [-0.2, 0) is 59.3 Å². The highest BCUT2D eigenvalue weighted by Gasteiger charge is 2.46. The summed E-state index contributed by atoms with van der Waals surface area (Å²) >= 11 is 0. The number of aryl methyl sites for hydroxylation is 1. The average molecular weight is 1300 g/mol. The lowest BCUT2D eigenvalue weighted by Crippen LogP contribution is -2.63. The Bertz CT molecular complexity index is 2640. The van der Waals surface area contributed by atoms with E-state index in [0.29, 0.717) is 12.8 Å². The van der Waals surface area contributed by atoms with Crippen LogP contribution in [0.1, 0.15) is 162 Å². The van der Waals surface area contributed by atoms with Crippen LogP contribution in [0.15, 0.2) is 30.9 Å². The lowest BCUT2D eigenvalue weighted by molar-refractivity contribution is -0.157. The van der Waals surface area contributed by atoms with E-state index < -0.39 is 156 Å². The van der Waals surface area contributed by atoms with Crippen LogP contribution in [0.3, 0.4) is 0 Å². The molecule has 25 nitrogen and oxygen atoms in total. The minimum Gasteiger partial charge on any atom is -0.390 e. The van der Waals surface area contributed by atoms with Gasteiger partial charge >= 0.3 is 0 Å². The van der Waals surface area contributed by atoms with Gasteiger partial charge in [-0.25, -0.2) is 4.98 Å². The smallest absolute Gasteiger partial charge is 0.246 e. The molecular formula is C67H117N13O12. The number of nitrogens with one attached hydrogen (secondary N) is 4. The first-order valence-electron chi connectivity index (χ1n) is 33.1. The molecule has 1 fully saturated rings. The van der Waals surface area contributed by atoms with Gasteiger partial charge in [-0.05, 0) is 107 Å². The number of unbranched alkanes of at least 4 members (excludes halogenated alkanes) is 1. The average Bonchev–Trinajstić information content (AvgIpc) is 1.09. The SMILES string of the molecule is CC[C@@H]1NC(=O)[C@H]([C@H](O)[C@H](C)C/C=C/CCCn2ccnc2)N(C)C(=O)[C@H](C(C)C)N(C)C(=O)[C@H](CC(C)C)N(C)C(=O)[C@H](CC(C)C)N(C)C(=O)[C@@H](C)NC(=O)[C@H](C)NC(=O)[C@H](CC(C)C)N(C)C(=O)[C@H](C(C)C)NC(=O)[C@H](CC(C)C)N(C)C(=O)CN(C)C1=O. The maximum Gasteiger partial charge on any atom is 0.246 e. The zero-order chi connectivity index (χ0) is 70.5. The number of allylic oxidation sites excluding steroid dienone is 2. The summed E-state index contributed by atoms with van der Waals surface area (Å²) in [7, 11) is 9.95. The predicted octanol–water partition coefficient (Wildman–Crippen LogP) is 3.93. The molecule has 1 saturated heterocycles. The highest BCUT2D eigenvalue weighted by Crippen LogP contribution is 2.26. The summed E-state index contributed by atoms with van der Waals surface area (Å²) in [6.07, 6.45) is 10.1. The Morgan fingerprint density at radius 2 is 0.978 bits per heavy atom. The van der Waals surface area contributed by atoms with Crippen LogP contribution in [0.25, 0.3) is 0 Å². The van der Waals surface area contributed by atoms with E-state index in [4.69, 9.17) is 0 Å². The molecule has 522 valence electrons. The zero-order valence-corrected chi connectivity index (χ0v) is 59.8. The minimum absolute atomic E-state index is 0.0122. The molecule has 0 radical (unpaired) electrons. The number of hydrogen-bond acceptors (Lipinski definition) is 13. The minimum atomic E-state index is -1.64. The molecular weight excluding hydrogens is 1180 g/mol. The number of amides is 11. The molecule has 2 rings (SSSR count). The van der Waals surface area contributed by atoms with Crippen molar-refractivity contribution < 1.29 is 57.8 Å². The number of aliphatic hydroxyl groups is 1. The number of nitrogens with zero attached hydrogens (tertiary/aromatic N) is 9. The monoisotopic (exact) mass is 1300 g/mol. The van der Waals surface area contributed by atoms with Crippen LogP contribution in [0.5, 0.6) is 0 Å². The Labute approximate surface area is 549 Å². The fraction of sp³-hybridized carbons (Fsp3) is 0.761. The molecule has 0 saturated carbocycles. The maximum absolute atomic E-state index is 15.3. The second-order valence-corrected chi connectivity index (χ2v) is 27.9. The van der Waals surface area contributed by atoms with Crippen molar-refractivity contribution in [2.75, 3.05) is 55.9 Å². The third-order valence-electron chi connectivity index (χ3n) is 17.4. The largest absolute Gasteiger partial charge is 0.390 e. The van der Waals surface area contributed by atoms with Gasteiger partial charge in [0.25, 0.3) is 0 Å². The normalized spacial score (nSPS) is 25.8. The van der Waals surface area contributed by atoms with Crippen molar-refractivity contribution in [1.29, 1.82) is 0 Å². The first kappa shape index (κ1) is 81.2. The van der Waals surface area contributed by atoms with Crippen molar-refractivity contribution in [2.45, 2.75) is 235 Å². The third-order valence-corrected chi connectivity index (χ3v) is 17.4. The number of aromatic nitrogens is 2. The predicted molar refractivity (Wildman–Crippen MR) is 354 cm³/mol. The molecule has 0 aliphatic carbocycles. The van der Waals surface area contributed by atoms with Crippen LogP contribution in [0.2, 0.25) is 0 Å². The van der Waals surface area contributed by atoms with Crippen LogP contribution in [-0.4, -0.2) is 236 Å². The van der Waals surface area contributed by atoms with Crippen LogP contribution in [0, 0.1) is 41.4 Å². The fourth-order valence-corrected chi connectivity index (χ4v) is 11.6. The molecule has 5 N–H and O–H groups in total. The summed E-state index contributed by atoms with van der Waals surface area (Å²) < 4.78 is 1.96. The Kier molecular flexibility index (Phi) is 33.3. The summed E-state index contributed by atoms with van der Waals surface area (Å²) in [5, 5.41) is 23.4. The van der Waals surface area contributed by atoms with Gasteiger partial charge in [0.1, 0.15) is 60.4 Å². The zero-order valence-electron chi connectivity index (χ0n) is 59.8. The first-order chi connectivity index (χ1) is 42.7. The molecule has 1 aromatic heterocycles. The first-order valence-corrected chi connectivity index (χ1v) is 33.1. The van der Waals surface area contributed by atoms with Crippen molar-refractivity contribution in [3.8, 4) is 0 Å². The number of likely N-dealkylation sites (N-methyl/N-ethyl adjacent to an activating group) is 7. The van der Waals surface area contributed by atoms with Crippen molar-refractivity contribution in [3.05, 3.63) is 30.9 Å². The van der Waals surface area contributed by atoms with Crippen LogP contribution >= 0.6 is 0 Å². The third kappa shape index (κ3) is 23.3. The number of imidazole rings is 1. The van der Waals surface area contributed by atoms with Gasteiger partial charge in [0.2, 0.25) is 65.0 Å². The van der Waals surface area contributed by atoms with E-state index >= 15 is 19.2 Å². The molecule has 1 aliphatic heterocycles. The second kappa shape index (κ2) is 37.7. The van der Waals surface area contributed by atoms with Crippen LogP contribution in [0.4, 0.5) is 0 Å². The van der Waals surface area contributed by atoms with E-state index in [1.54, 1.807) is 54.1 Å². The Morgan fingerprint density at radius 1 is 0.511 bits per heavy atom. The van der Waals surface area contributed by atoms with E-state index in [-0.39, 0.29) is 55.8 Å². The summed E-state index contributed by atoms with van der Waals surface area (Å²) in [6.45, 7) is 28.3. The molecule has 1 aromatic rings. The highest BCUT2D eigenvalue weighted by molar-refractivity contribution is 5.99. The van der Waals surface area contributed by atoms with Crippen molar-refractivity contribution in [1.82, 2.24) is 65.1 Å². The van der Waals surface area contributed by atoms with Gasteiger partial charge in [-0.2, -0.15) is 0 Å². The van der Waals surface area contributed by atoms with Crippen molar-refractivity contribution in [3.63, 3.8) is 0 Å². The number of hydrogen-bond donors (Lipinski definition) is 5. The highest BCUT2D eigenvalue weighted by atomic mass is 16.3. The van der Waals surface area contributed by atoms with Crippen molar-refractivity contribution >= 4 is 65.0 Å². The summed E-state index contributed by atoms with van der Waals surface area (Å²) in [5.41, 5.74) is 0. The van der Waals surface area contributed by atoms with Gasteiger partial charge in [0.05, 0.1) is 19.0 Å². The summed E-state index contributed by atoms with van der Waals surface area (Å²) in [4.78, 5) is 174. The standard InChI is InChI=1S/C67H117N13O12/c1-24-48-63(88)73(17)37-53(81)74(18)49(33-39(2)3)60(85)72-54(43(10)11)66(91)75(19)50(34-40(4)5)59(84)69-46(15)58(83)70-47(16)62(87)76(20)51(35-41(6)7)64(89)77(21)52(36-42(8)9)65(90)78(22)55(44(12)13)67(92)79(23)56(61(86)71-48)57(82)45(14)29-27-25-26-28-31-80-32-30-68-38-80/h25,27,30,32,38-52,54-57,82H,24,26,28-29,31,33-37H2,1-23H3,(H,69,84)(H,70,83)(H,71,86)(H,72,85)/b27-25+/t45-,46+,47-,48+,49+,50+,51+,52+,54+,55+,56+,57-/m1/s1. The molecule has 11 amide bonds. The van der Waals surface area contributed by atoms with E-state index in [9.17, 15) is 38.7 Å². The maximum atomic E-state index is 15.3. The molecule has 12 atom stereocenters. The molecule has 0 unspecified atom stereocenters. The lowest BCUT2D eigenvalue weighted by Gasteiger charge is -2.41. The van der Waals surface area contributed by atoms with Gasteiger partial charge in [-0.15, -0.1) is 0 Å². The molecule has 25 heteroatoms. The van der Waals surface area contributed by atoms with Gasteiger partial charge in [-0.3, -0.25) is 52.7 Å². The number of carbonyl (C=O) groups is 11. The molecule has 0 spiro atoms. The number of carbonyl (C=O) groups excluding carboxylic acids is 11. The topological polar surface area (TPSA) is 297 Å². The fourth-order valence-electron chi connectivity index (χ4n) is 11.6. The van der Waals surface area contributed by atoms with Gasteiger partial charge < -0.3 is 65.2 Å². The molecule has 0 aromatic carbocycles. The van der Waals surface area contributed by atoms with E-state index in [0.717, 1.165) is 22.8 Å². The van der Waals surface area contributed by atoms with E-state index in [1.807, 2.05) is 78.3 Å². The number of rotatable bonds is 19. The quantitative estimate of drug-likeness (QED) is 0.0971. The van der Waals surface area contributed by atoms with E-state index in [2.05, 4.69) is 26.3 Å². The van der Waals surface area contributed by atoms with Crippen molar-refractivity contribution in [2.24, 2.45) is 41.4 Å². The van der Waals surface area contributed by atoms with Gasteiger partial charge in [-0.1, -0.05) is 109 Å². The van der Waals surface area contributed by atoms with E-state index in [1.165, 1.54) is 87.7 Å². The number of aliphatic hydroxyl groups excluding tert-OH is 1. The van der Waals surface area contributed by atoms with Gasteiger partial charge in [0, 0.05) is 68.3 Å². The second-order valence-electron chi connectivity index (χ2n) is 27.9. The Hall–Kier alpha value is -6.92.